The molecule has 1 aromatic rings. The zero-order valence-corrected chi connectivity index (χ0v) is 10.7. The summed E-state index contributed by atoms with van der Waals surface area (Å²) in [5.41, 5.74) is 0.199. The van der Waals surface area contributed by atoms with Crippen LogP contribution in [0.15, 0.2) is 43.5 Å². The number of rotatable bonds is 6. The summed E-state index contributed by atoms with van der Waals surface area (Å²) in [5, 5.41) is 9.52. The summed E-state index contributed by atoms with van der Waals surface area (Å²) in [7, 11) is 0. The number of benzene rings is 1. The number of hydrogen-bond acceptors (Lipinski definition) is 2. The Morgan fingerprint density at radius 2 is 2.00 bits per heavy atom. The van der Waals surface area contributed by atoms with E-state index < -0.39 is 11.9 Å². The van der Waals surface area contributed by atoms with Crippen LogP contribution in [0.1, 0.15) is 11.6 Å². The normalized spacial score (nSPS) is 11.9. The number of nitrogens with zero attached hydrogens (tertiary/aromatic N) is 2. The van der Waals surface area contributed by atoms with Crippen LogP contribution in [-0.2, 0) is 0 Å². The lowest BCUT2D eigenvalue weighted by molar-refractivity contribution is 0.285. The van der Waals surface area contributed by atoms with Crippen molar-refractivity contribution in [3.05, 3.63) is 59.9 Å². The van der Waals surface area contributed by atoms with Gasteiger partial charge in [0.15, 0.2) is 0 Å². The van der Waals surface area contributed by atoms with Crippen molar-refractivity contribution in [1.82, 2.24) is 4.90 Å². The van der Waals surface area contributed by atoms with Gasteiger partial charge in [-0.05, 0) is 12.1 Å². The summed E-state index contributed by atoms with van der Waals surface area (Å²) in [4.78, 5) is 1.74. The molecule has 1 aromatic carbocycles. The van der Waals surface area contributed by atoms with Crippen molar-refractivity contribution >= 4 is 11.6 Å². The molecule has 0 bridgehead atoms. The Labute approximate surface area is 112 Å². The second kappa shape index (κ2) is 6.95. The van der Waals surface area contributed by atoms with Crippen molar-refractivity contribution in [3.63, 3.8) is 0 Å². The van der Waals surface area contributed by atoms with Crippen molar-refractivity contribution in [2.45, 2.75) is 6.04 Å². The molecular weight excluding hydrogens is 251 g/mol. The van der Waals surface area contributed by atoms with Gasteiger partial charge in [0.1, 0.15) is 11.9 Å². The maximum absolute atomic E-state index is 13.8. The highest BCUT2D eigenvalue weighted by molar-refractivity contribution is 6.31. The molecule has 4 heteroatoms. The molecule has 1 unspecified atom stereocenters. The average Bonchev–Trinajstić information content (AvgIpc) is 2.34. The van der Waals surface area contributed by atoms with E-state index in [1.807, 2.05) is 0 Å². The number of hydrogen-bond donors (Lipinski definition) is 0. The van der Waals surface area contributed by atoms with Gasteiger partial charge in [0, 0.05) is 23.7 Å². The van der Waals surface area contributed by atoms with Gasteiger partial charge in [-0.3, -0.25) is 4.90 Å². The van der Waals surface area contributed by atoms with Crippen LogP contribution in [-0.4, -0.2) is 18.0 Å². The third kappa shape index (κ3) is 3.19. The summed E-state index contributed by atoms with van der Waals surface area (Å²) in [6, 6.07) is 5.71. The molecule has 0 aliphatic rings. The first-order chi connectivity index (χ1) is 8.65. The molecule has 18 heavy (non-hydrogen) atoms. The molecule has 0 radical (unpaired) electrons. The predicted molar refractivity (Wildman–Crippen MR) is 71.7 cm³/mol. The lowest BCUT2D eigenvalue weighted by Gasteiger charge is -2.25. The Hall–Kier alpha value is -1.63. The smallest absolute Gasteiger partial charge is 0.130 e. The molecular formula is C14H14ClFN2. The van der Waals surface area contributed by atoms with Crippen molar-refractivity contribution in [1.29, 1.82) is 5.26 Å². The highest BCUT2D eigenvalue weighted by Crippen LogP contribution is 2.29. The van der Waals surface area contributed by atoms with E-state index in [1.54, 1.807) is 23.1 Å². The molecule has 0 N–H and O–H groups in total. The van der Waals surface area contributed by atoms with Crippen molar-refractivity contribution in [3.8, 4) is 6.07 Å². The zero-order valence-electron chi connectivity index (χ0n) is 9.94. The molecule has 0 spiro atoms. The first-order valence-electron chi connectivity index (χ1n) is 5.45. The van der Waals surface area contributed by atoms with Crippen LogP contribution < -0.4 is 0 Å². The van der Waals surface area contributed by atoms with Gasteiger partial charge in [0.25, 0.3) is 0 Å². The van der Waals surface area contributed by atoms with E-state index in [0.717, 1.165) is 0 Å². The minimum absolute atomic E-state index is 0.199. The quantitative estimate of drug-likeness (QED) is 0.732. The molecule has 94 valence electrons. The van der Waals surface area contributed by atoms with Gasteiger partial charge in [-0.1, -0.05) is 29.8 Å². The summed E-state index contributed by atoms with van der Waals surface area (Å²) >= 11 is 5.98. The standard InChI is InChI=1S/C14H14ClFN2/c1-3-8-18(9-4-2)13(10-17)14-11(15)6-5-7-12(14)16/h3-7,13H,1-2,8-9H2. The van der Waals surface area contributed by atoms with Gasteiger partial charge in [-0.25, -0.2) is 4.39 Å². The molecule has 1 rings (SSSR count). The Kier molecular flexibility index (Phi) is 5.57. The predicted octanol–water partition coefficient (Wildman–Crippen LogP) is 3.72. The van der Waals surface area contributed by atoms with Gasteiger partial charge in [-0.15, -0.1) is 13.2 Å². The summed E-state index contributed by atoms with van der Waals surface area (Å²) < 4.78 is 13.8. The Morgan fingerprint density at radius 1 is 1.39 bits per heavy atom. The number of nitriles is 1. The lowest BCUT2D eigenvalue weighted by Crippen LogP contribution is -2.29. The molecule has 0 aromatic heterocycles. The summed E-state index contributed by atoms with van der Waals surface area (Å²) in [6.45, 7) is 8.16. The fourth-order valence-corrected chi connectivity index (χ4v) is 1.98. The van der Waals surface area contributed by atoms with Crippen molar-refractivity contribution < 1.29 is 4.39 Å². The second-order valence-corrected chi connectivity index (χ2v) is 4.11. The number of halogens is 2. The first-order valence-corrected chi connectivity index (χ1v) is 5.82. The molecule has 0 saturated carbocycles. The van der Waals surface area contributed by atoms with Crippen LogP contribution >= 0.6 is 11.6 Å². The van der Waals surface area contributed by atoms with Gasteiger partial charge in [0.05, 0.1) is 6.07 Å². The van der Waals surface area contributed by atoms with E-state index >= 15 is 0 Å². The molecule has 1 atom stereocenters. The molecule has 0 amide bonds. The largest absolute Gasteiger partial charge is 0.277 e. The Bertz CT molecular complexity index is 449. The first kappa shape index (κ1) is 14.4. The van der Waals surface area contributed by atoms with Gasteiger partial charge in [-0.2, -0.15) is 5.26 Å². The second-order valence-electron chi connectivity index (χ2n) is 3.70. The SMILES string of the molecule is C=CCN(CC=C)C(C#N)c1c(F)cccc1Cl. The third-order valence-corrected chi connectivity index (χ3v) is 2.82. The highest BCUT2D eigenvalue weighted by atomic mass is 35.5. The summed E-state index contributed by atoms with van der Waals surface area (Å²) in [6.07, 6.45) is 3.31. The maximum atomic E-state index is 13.8. The molecule has 0 aliphatic carbocycles. The van der Waals surface area contributed by atoms with Crippen LogP contribution in [0.3, 0.4) is 0 Å². The van der Waals surface area contributed by atoms with Crippen LogP contribution in [0, 0.1) is 17.1 Å². The zero-order chi connectivity index (χ0) is 13.5. The van der Waals surface area contributed by atoms with E-state index in [1.165, 1.54) is 12.1 Å². The lowest BCUT2D eigenvalue weighted by atomic mass is 10.1. The van der Waals surface area contributed by atoms with E-state index in [4.69, 9.17) is 11.6 Å². The molecule has 2 nitrogen and oxygen atoms in total. The monoisotopic (exact) mass is 264 g/mol. The minimum Gasteiger partial charge on any atom is -0.277 e. The van der Waals surface area contributed by atoms with Crippen molar-refractivity contribution in [2.24, 2.45) is 0 Å². The molecule has 0 saturated heterocycles. The van der Waals surface area contributed by atoms with E-state index in [9.17, 15) is 9.65 Å². The van der Waals surface area contributed by atoms with Crippen LogP contribution in [0.2, 0.25) is 5.02 Å². The highest BCUT2D eigenvalue weighted by Gasteiger charge is 2.23. The Balaban J connectivity index is 3.19. The summed E-state index contributed by atoms with van der Waals surface area (Å²) in [5.74, 6) is -0.479. The van der Waals surface area contributed by atoms with Gasteiger partial charge >= 0.3 is 0 Å². The van der Waals surface area contributed by atoms with Crippen LogP contribution in [0.5, 0.6) is 0 Å². The van der Waals surface area contributed by atoms with Gasteiger partial charge in [0.2, 0.25) is 0 Å². The van der Waals surface area contributed by atoms with Crippen LogP contribution in [0.4, 0.5) is 4.39 Å². The topological polar surface area (TPSA) is 27.0 Å². The fraction of sp³-hybridized carbons (Fsp3) is 0.214. The minimum atomic E-state index is -0.755. The molecule has 0 heterocycles. The van der Waals surface area contributed by atoms with Gasteiger partial charge < -0.3 is 0 Å². The maximum Gasteiger partial charge on any atom is 0.130 e. The third-order valence-electron chi connectivity index (χ3n) is 2.49. The van der Waals surface area contributed by atoms with E-state index in [2.05, 4.69) is 19.2 Å². The molecule has 0 aliphatic heterocycles. The van der Waals surface area contributed by atoms with Crippen LogP contribution in [0.25, 0.3) is 0 Å². The fourth-order valence-electron chi connectivity index (χ4n) is 1.72. The molecule has 0 fully saturated rings. The average molecular weight is 265 g/mol. The van der Waals surface area contributed by atoms with E-state index in [-0.39, 0.29) is 10.6 Å². The Morgan fingerprint density at radius 3 is 2.44 bits per heavy atom. The van der Waals surface area contributed by atoms with E-state index in [0.29, 0.717) is 13.1 Å². The van der Waals surface area contributed by atoms with Crippen molar-refractivity contribution in [2.75, 3.05) is 13.1 Å².